The van der Waals surface area contributed by atoms with Crippen LogP contribution in [0.15, 0.2) is 77.2 Å². The second kappa shape index (κ2) is 22.2. The van der Waals surface area contributed by atoms with Crippen LogP contribution in [0.3, 0.4) is 0 Å². The molecular weight excluding hydrogens is 1030 g/mol. The Kier molecular flexibility index (Phi) is 15.2. The lowest BCUT2D eigenvalue weighted by atomic mass is 9.69. The molecule has 3 aromatic carbocycles. The number of likely N-dealkylation sites (tertiary alicyclic amines) is 2. The number of carbonyl (C=O) groups excluding carboxylic acids is 2. The molecule has 79 heavy (non-hydrogen) atoms. The first-order valence-electron chi connectivity index (χ1n) is 29.3. The summed E-state index contributed by atoms with van der Waals surface area (Å²) in [7, 11) is 2.14. The van der Waals surface area contributed by atoms with Crippen LogP contribution in [0.4, 0.5) is 0 Å². The Morgan fingerprint density at radius 3 is 2.35 bits per heavy atom. The molecule has 12 rings (SSSR count). The van der Waals surface area contributed by atoms with Crippen molar-refractivity contribution in [2.45, 2.75) is 146 Å². The van der Waals surface area contributed by atoms with E-state index in [0.717, 1.165) is 149 Å². The normalized spacial score (nSPS) is 24.0. The van der Waals surface area contributed by atoms with Crippen LogP contribution in [0.5, 0.6) is 0 Å². The number of likely N-dealkylation sites (N-methyl/N-ethyl adjacent to an activating group) is 1. The van der Waals surface area contributed by atoms with Crippen molar-refractivity contribution in [1.82, 2.24) is 54.4 Å². The molecule has 6 aliphatic rings. The Morgan fingerprint density at radius 2 is 1.65 bits per heavy atom. The summed E-state index contributed by atoms with van der Waals surface area (Å²) >= 11 is 8.29. The number of aliphatic hydroxyl groups excluding tert-OH is 1. The van der Waals surface area contributed by atoms with Crippen molar-refractivity contribution in [3.8, 4) is 16.1 Å². The number of hydrogen-bond acceptors (Lipinski definition) is 12. The summed E-state index contributed by atoms with van der Waals surface area (Å²) in [5.74, 6) is 1.76. The molecule has 6 aromatic rings. The van der Waals surface area contributed by atoms with E-state index in [1.54, 1.807) is 27.0 Å². The van der Waals surface area contributed by atoms with Crippen LogP contribution < -0.4 is 10.9 Å². The summed E-state index contributed by atoms with van der Waals surface area (Å²) in [6.45, 7) is 15.8. The van der Waals surface area contributed by atoms with Crippen molar-refractivity contribution in [3.63, 3.8) is 0 Å². The molecule has 4 atom stereocenters. The van der Waals surface area contributed by atoms with E-state index in [2.05, 4.69) is 84.3 Å². The van der Waals surface area contributed by atoms with E-state index in [1.165, 1.54) is 23.2 Å². The third-order valence-corrected chi connectivity index (χ3v) is 20.3. The number of benzene rings is 3. The summed E-state index contributed by atoms with van der Waals surface area (Å²) in [6.07, 6.45) is 13.3. The number of fused-ring (bicyclic) bond motifs is 7. The standard InChI is InChI=1S/C62H78ClN11O4S/c1-39-55(79-38-64-39)44-18-16-42(17-19-44)49(36-71-30-28-69(5)29-31-71)65-57(76)53-33-46(75)35-72(53)59(78)56(61(2,3)4)73-37-50(67-68-73)43-14-12-40(13-15-43)34-70-26-22-41(23-27-70)45-20-21-47-52(32-45)74-51-11-9-10-48(63)54(51)58(77)66-60(74)62(47)24-7-6-8-25-62/h9-11,16-21,32,37-38,40-41,43,46,49,53,56,75H,6-8,12-15,22-31,33-36H2,1-5H3,(H,65,76)/t40?,43?,46-,49+,53+,56-/m1/s1. The number of piperidine rings is 1. The molecule has 0 unspecified atom stereocenters. The topological polar surface area (TPSA) is 158 Å². The van der Waals surface area contributed by atoms with E-state index >= 15 is 0 Å². The number of thiazole rings is 1. The average molecular weight is 1110 g/mol. The minimum atomic E-state index is -0.829. The van der Waals surface area contributed by atoms with Gasteiger partial charge in [0, 0.05) is 64.3 Å². The molecule has 3 saturated heterocycles. The lowest BCUT2D eigenvalue weighted by Gasteiger charge is -2.37. The second-order valence-corrected chi connectivity index (χ2v) is 26.5. The molecule has 2 saturated carbocycles. The number of amides is 2. The van der Waals surface area contributed by atoms with Gasteiger partial charge in [0.1, 0.15) is 17.9 Å². The molecular formula is C62H78ClN11O4S. The second-order valence-electron chi connectivity index (χ2n) is 25.3. The zero-order valence-electron chi connectivity index (χ0n) is 46.7. The number of nitrogens with zero attached hydrogens (tertiary/aromatic N) is 10. The third kappa shape index (κ3) is 10.6. The molecule has 4 aliphatic heterocycles. The number of halogens is 1. The maximum Gasteiger partial charge on any atom is 0.282 e. The summed E-state index contributed by atoms with van der Waals surface area (Å²) in [5.41, 5.74) is 9.59. The smallest absolute Gasteiger partial charge is 0.282 e. The van der Waals surface area contributed by atoms with Gasteiger partial charge in [-0.05, 0) is 136 Å². The van der Waals surface area contributed by atoms with E-state index in [-0.39, 0.29) is 47.7 Å². The van der Waals surface area contributed by atoms with Gasteiger partial charge in [-0.1, -0.05) is 99.3 Å². The largest absolute Gasteiger partial charge is 0.391 e. The zero-order chi connectivity index (χ0) is 54.7. The summed E-state index contributed by atoms with van der Waals surface area (Å²) in [4.78, 5) is 62.5. The van der Waals surface area contributed by atoms with Crippen LogP contribution in [0.2, 0.25) is 5.02 Å². The molecule has 2 aliphatic carbocycles. The minimum Gasteiger partial charge on any atom is -0.391 e. The highest BCUT2D eigenvalue weighted by atomic mass is 35.5. The molecule has 0 radical (unpaired) electrons. The number of aliphatic hydroxyl groups is 1. The summed E-state index contributed by atoms with van der Waals surface area (Å²) in [5, 5.41) is 24.9. The molecule has 5 fully saturated rings. The van der Waals surface area contributed by atoms with Gasteiger partial charge in [0.2, 0.25) is 11.8 Å². The van der Waals surface area contributed by atoms with Crippen molar-refractivity contribution in [1.29, 1.82) is 0 Å². The highest BCUT2D eigenvalue weighted by Crippen LogP contribution is 2.52. The van der Waals surface area contributed by atoms with Crippen molar-refractivity contribution in [2.75, 3.05) is 66.0 Å². The van der Waals surface area contributed by atoms with Gasteiger partial charge in [0.25, 0.3) is 5.56 Å². The third-order valence-electron chi connectivity index (χ3n) is 19.0. The monoisotopic (exact) mass is 1110 g/mol. The van der Waals surface area contributed by atoms with Gasteiger partial charge in [0.15, 0.2) is 0 Å². The first-order valence-corrected chi connectivity index (χ1v) is 30.6. The number of piperazine rings is 1. The number of aromatic nitrogens is 6. The number of β-amino-alcohol motifs (C(OH)–C–C–N with tert-alkyl or cyclic N) is 1. The fraction of sp³-hybridized carbons (Fsp3) is 0.565. The SMILES string of the molecule is Cc1ncsc1-c1ccc([C@H](CN2CCN(C)CC2)NC(=O)[C@@H]2C[C@@H](O)CN2C(=O)[C@@H](n2cc(C3CCC(CN4CCC(c5ccc6c(c5)-n5c(nc(=O)c7c(Cl)cccc75)C65CCCCC5)CC4)CC3)nn2)C(C)(C)C)cc1. The minimum absolute atomic E-state index is 0.0815. The molecule has 17 heteroatoms. The number of hydrogen-bond donors (Lipinski definition) is 2. The van der Waals surface area contributed by atoms with Gasteiger partial charge in [-0.2, -0.15) is 4.98 Å². The Labute approximate surface area is 473 Å². The van der Waals surface area contributed by atoms with Gasteiger partial charge in [-0.15, -0.1) is 16.4 Å². The highest BCUT2D eigenvalue weighted by Gasteiger charge is 2.48. The van der Waals surface area contributed by atoms with E-state index in [9.17, 15) is 19.5 Å². The van der Waals surface area contributed by atoms with Gasteiger partial charge in [-0.3, -0.25) is 23.9 Å². The van der Waals surface area contributed by atoms with E-state index in [1.807, 2.05) is 51.5 Å². The predicted octanol–water partition coefficient (Wildman–Crippen LogP) is 9.43. The Morgan fingerprint density at radius 1 is 0.899 bits per heavy atom. The Hall–Kier alpha value is -5.36. The molecule has 7 heterocycles. The maximum absolute atomic E-state index is 15.0. The molecule has 15 nitrogen and oxygen atoms in total. The van der Waals surface area contributed by atoms with Crippen LogP contribution in [-0.2, 0) is 15.0 Å². The van der Waals surface area contributed by atoms with Gasteiger partial charge >= 0.3 is 0 Å². The summed E-state index contributed by atoms with van der Waals surface area (Å²) in [6, 6.07) is 19.5. The Bertz CT molecular complexity index is 3250. The molecule has 3 aromatic heterocycles. The van der Waals surface area contributed by atoms with Crippen LogP contribution >= 0.6 is 22.9 Å². The first kappa shape index (κ1) is 54.2. The molecule has 2 N–H and O–H groups in total. The van der Waals surface area contributed by atoms with E-state index in [4.69, 9.17) is 21.7 Å². The summed E-state index contributed by atoms with van der Waals surface area (Å²) < 4.78 is 4.01. The van der Waals surface area contributed by atoms with E-state index < -0.39 is 23.6 Å². The lowest BCUT2D eigenvalue weighted by molar-refractivity contribution is -0.144. The van der Waals surface area contributed by atoms with Crippen LogP contribution in [0.1, 0.15) is 156 Å². The Balaban J connectivity index is 0.677. The molecule has 2 amide bonds. The van der Waals surface area contributed by atoms with Gasteiger partial charge in [-0.25, -0.2) is 9.67 Å². The molecule has 0 bridgehead atoms. The lowest BCUT2D eigenvalue weighted by Crippen LogP contribution is -2.52. The van der Waals surface area contributed by atoms with E-state index in [0.29, 0.717) is 28.8 Å². The molecule has 1 spiro atoms. The fourth-order valence-electron chi connectivity index (χ4n) is 14.6. The average Bonchev–Trinajstić information content (AvgIpc) is 3.41. The quantitative estimate of drug-likeness (QED) is 0.120. The van der Waals surface area contributed by atoms with Crippen molar-refractivity contribution in [3.05, 3.63) is 122 Å². The highest BCUT2D eigenvalue weighted by molar-refractivity contribution is 7.13. The van der Waals surface area contributed by atoms with Crippen LogP contribution in [-0.4, -0.2) is 144 Å². The first-order chi connectivity index (χ1) is 38.1. The predicted molar refractivity (Wildman–Crippen MR) is 311 cm³/mol. The van der Waals surface area contributed by atoms with Gasteiger partial charge in [0.05, 0.1) is 60.9 Å². The van der Waals surface area contributed by atoms with Crippen LogP contribution in [0.25, 0.3) is 27.0 Å². The van der Waals surface area contributed by atoms with Crippen molar-refractivity contribution in [2.24, 2.45) is 11.3 Å². The number of rotatable bonds is 12. The van der Waals surface area contributed by atoms with Gasteiger partial charge < -0.3 is 25.1 Å². The fourth-order valence-corrected chi connectivity index (χ4v) is 15.7. The number of nitrogens with one attached hydrogen (secondary N) is 1. The zero-order valence-corrected chi connectivity index (χ0v) is 48.3. The molecule has 418 valence electrons. The number of carbonyl (C=O) groups is 2. The van der Waals surface area contributed by atoms with Crippen LogP contribution in [0, 0.1) is 18.3 Å². The van der Waals surface area contributed by atoms with Crippen molar-refractivity contribution < 1.29 is 14.7 Å². The number of aryl methyl sites for hydroxylation is 1. The van der Waals surface area contributed by atoms with Crippen molar-refractivity contribution >= 4 is 45.7 Å². The maximum atomic E-state index is 15.0.